The van der Waals surface area contributed by atoms with Crippen LogP contribution < -0.4 is 0 Å². The van der Waals surface area contributed by atoms with Gasteiger partial charge in [-0.2, -0.15) is 0 Å². The summed E-state index contributed by atoms with van der Waals surface area (Å²) in [4.78, 5) is 0. The predicted octanol–water partition coefficient (Wildman–Crippen LogP) is 3.06. The summed E-state index contributed by atoms with van der Waals surface area (Å²) >= 11 is 0. The van der Waals surface area contributed by atoms with Crippen molar-refractivity contribution in [2.24, 2.45) is 0 Å². The Balaban J connectivity index is 2.57. The van der Waals surface area contributed by atoms with Crippen LogP contribution in [0.25, 0.3) is 0 Å². The lowest BCUT2D eigenvalue weighted by Gasteiger charge is -1.88. The molecule has 0 aliphatic heterocycles. The van der Waals surface area contributed by atoms with E-state index in [4.69, 9.17) is 0 Å². The van der Waals surface area contributed by atoms with Gasteiger partial charge in [-0.25, -0.2) is 0 Å². The van der Waals surface area contributed by atoms with Crippen LogP contribution in [0, 0.1) is 0 Å². The van der Waals surface area contributed by atoms with Crippen LogP contribution in [0.2, 0.25) is 0 Å². The molecule has 0 aromatic carbocycles. The van der Waals surface area contributed by atoms with Gasteiger partial charge in [0.2, 0.25) is 0 Å². The standard InChI is InChI=1S/C9H14/c1-3-8-5-6-9(4-2)7-8/h3-4H,5-7H2,1-2H3/b8-3-,9-4-. The van der Waals surface area contributed by atoms with Crippen LogP contribution in [0.3, 0.4) is 0 Å². The van der Waals surface area contributed by atoms with E-state index in [2.05, 4.69) is 26.0 Å². The van der Waals surface area contributed by atoms with Gasteiger partial charge in [-0.05, 0) is 33.1 Å². The molecule has 0 aromatic rings. The van der Waals surface area contributed by atoms with E-state index in [-0.39, 0.29) is 0 Å². The zero-order chi connectivity index (χ0) is 6.69. The molecule has 0 heteroatoms. The second-order valence-corrected chi connectivity index (χ2v) is 2.57. The molecule has 9 heavy (non-hydrogen) atoms. The minimum atomic E-state index is 1.24. The average Bonchev–Trinajstić information content (AvgIpc) is 2.34. The summed E-state index contributed by atoms with van der Waals surface area (Å²) in [5.41, 5.74) is 3.23. The van der Waals surface area contributed by atoms with E-state index in [0.717, 1.165) is 0 Å². The number of rotatable bonds is 0. The van der Waals surface area contributed by atoms with Crippen molar-refractivity contribution in [3.63, 3.8) is 0 Å². The molecular formula is C9H14. The summed E-state index contributed by atoms with van der Waals surface area (Å²) in [7, 11) is 0. The first kappa shape index (κ1) is 6.60. The Kier molecular flexibility index (Phi) is 2.10. The highest BCUT2D eigenvalue weighted by Gasteiger charge is 2.09. The largest absolute Gasteiger partial charge is 0.0881 e. The maximum absolute atomic E-state index is 2.25. The van der Waals surface area contributed by atoms with Gasteiger partial charge in [0.1, 0.15) is 0 Å². The van der Waals surface area contributed by atoms with Crippen molar-refractivity contribution in [3.8, 4) is 0 Å². The summed E-state index contributed by atoms with van der Waals surface area (Å²) in [5.74, 6) is 0. The van der Waals surface area contributed by atoms with Crippen LogP contribution in [0.15, 0.2) is 23.3 Å². The van der Waals surface area contributed by atoms with Gasteiger partial charge in [-0.3, -0.25) is 0 Å². The van der Waals surface area contributed by atoms with E-state index in [0.29, 0.717) is 0 Å². The Morgan fingerprint density at radius 1 is 1.00 bits per heavy atom. The van der Waals surface area contributed by atoms with E-state index < -0.39 is 0 Å². The van der Waals surface area contributed by atoms with Crippen LogP contribution in [-0.2, 0) is 0 Å². The minimum absolute atomic E-state index is 1.24. The highest BCUT2D eigenvalue weighted by Crippen LogP contribution is 2.28. The highest BCUT2D eigenvalue weighted by molar-refractivity contribution is 5.22. The van der Waals surface area contributed by atoms with Gasteiger partial charge in [0.05, 0.1) is 0 Å². The second-order valence-electron chi connectivity index (χ2n) is 2.57. The summed E-state index contributed by atoms with van der Waals surface area (Å²) in [6.45, 7) is 4.27. The maximum atomic E-state index is 2.25. The van der Waals surface area contributed by atoms with Crippen molar-refractivity contribution in [2.75, 3.05) is 0 Å². The molecule has 1 rings (SSSR count). The average molecular weight is 122 g/mol. The Morgan fingerprint density at radius 2 is 1.44 bits per heavy atom. The first-order valence-corrected chi connectivity index (χ1v) is 3.65. The molecule has 1 aliphatic rings. The number of hydrogen-bond acceptors (Lipinski definition) is 0. The summed E-state index contributed by atoms with van der Waals surface area (Å²) in [6.07, 6.45) is 8.34. The number of hydrogen-bond donors (Lipinski definition) is 0. The molecule has 0 unspecified atom stereocenters. The van der Waals surface area contributed by atoms with Crippen LogP contribution >= 0.6 is 0 Å². The maximum Gasteiger partial charge on any atom is -0.0108 e. The third kappa shape index (κ3) is 1.44. The van der Waals surface area contributed by atoms with Crippen molar-refractivity contribution in [3.05, 3.63) is 23.3 Å². The molecule has 1 saturated carbocycles. The fraction of sp³-hybridized carbons (Fsp3) is 0.556. The van der Waals surface area contributed by atoms with Gasteiger partial charge in [0.25, 0.3) is 0 Å². The SMILES string of the molecule is C/C=C1/CC/C(=C/C)C1. The summed E-state index contributed by atoms with van der Waals surface area (Å²) < 4.78 is 0. The topological polar surface area (TPSA) is 0 Å². The predicted molar refractivity (Wildman–Crippen MR) is 41.4 cm³/mol. The fourth-order valence-corrected chi connectivity index (χ4v) is 1.28. The van der Waals surface area contributed by atoms with E-state index in [9.17, 15) is 0 Å². The van der Waals surface area contributed by atoms with E-state index in [1.54, 1.807) is 11.1 Å². The molecule has 0 N–H and O–H groups in total. The zero-order valence-corrected chi connectivity index (χ0v) is 6.28. The highest BCUT2D eigenvalue weighted by atomic mass is 14.1. The molecule has 50 valence electrons. The van der Waals surface area contributed by atoms with Crippen molar-refractivity contribution in [2.45, 2.75) is 33.1 Å². The van der Waals surface area contributed by atoms with Gasteiger partial charge in [0.15, 0.2) is 0 Å². The molecule has 0 bridgehead atoms. The van der Waals surface area contributed by atoms with Gasteiger partial charge < -0.3 is 0 Å². The van der Waals surface area contributed by atoms with Crippen LogP contribution in [0.5, 0.6) is 0 Å². The minimum Gasteiger partial charge on any atom is -0.0881 e. The second kappa shape index (κ2) is 2.86. The van der Waals surface area contributed by atoms with Crippen molar-refractivity contribution < 1.29 is 0 Å². The lowest BCUT2D eigenvalue weighted by atomic mass is 10.2. The third-order valence-corrected chi connectivity index (χ3v) is 2.04. The Morgan fingerprint density at radius 3 is 1.67 bits per heavy atom. The van der Waals surface area contributed by atoms with E-state index in [1.165, 1.54) is 19.3 Å². The zero-order valence-electron chi connectivity index (χ0n) is 6.28. The third-order valence-electron chi connectivity index (χ3n) is 2.04. The molecule has 1 fully saturated rings. The Labute approximate surface area is 57.3 Å². The molecule has 0 amide bonds. The smallest absolute Gasteiger partial charge is 0.0108 e. The lowest BCUT2D eigenvalue weighted by molar-refractivity contribution is 1.05. The molecule has 1 aliphatic carbocycles. The van der Waals surface area contributed by atoms with E-state index in [1.807, 2.05) is 0 Å². The summed E-state index contributed by atoms with van der Waals surface area (Å²) in [6, 6.07) is 0. The Bertz CT molecular complexity index is 131. The van der Waals surface area contributed by atoms with Crippen molar-refractivity contribution in [1.82, 2.24) is 0 Å². The molecule has 0 spiro atoms. The molecule has 0 saturated heterocycles. The van der Waals surface area contributed by atoms with Crippen molar-refractivity contribution in [1.29, 1.82) is 0 Å². The van der Waals surface area contributed by atoms with Gasteiger partial charge in [-0.1, -0.05) is 23.3 Å². The first-order chi connectivity index (χ1) is 4.36. The monoisotopic (exact) mass is 122 g/mol. The molecule has 0 radical (unpaired) electrons. The van der Waals surface area contributed by atoms with Gasteiger partial charge in [0, 0.05) is 0 Å². The van der Waals surface area contributed by atoms with Gasteiger partial charge in [-0.15, -0.1) is 0 Å². The molecule has 0 heterocycles. The van der Waals surface area contributed by atoms with Crippen LogP contribution in [0.1, 0.15) is 33.1 Å². The normalized spacial score (nSPS) is 28.2. The summed E-state index contributed by atoms with van der Waals surface area (Å²) in [5, 5.41) is 0. The fourth-order valence-electron chi connectivity index (χ4n) is 1.28. The van der Waals surface area contributed by atoms with Crippen molar-refractivity contribution >= 4 is 0 Å². The van der Waals surface area contributed by atoms with Crippen LogP contribution in [0.4, 0.5) is 0 Å². The first-order valence-electron chi connectivity index (χ1n) is 3.65. The molecule has 0 aromatic heterocycles. The molecular weight excluding hydrogens is 108 g/mol. The Hall–Kier alpha value is -0.520. The number of allylic oxidation sites excluding steroid dienone is 4. The quantitative estimate of drug-likeness (QED) is 0.433. The molecule has 0 nitrogen and oxygen atoms in total. The van der Waals surface area contributed by atoms with Gasteiger partial charge >= 0.3 is 0 Å². The van der Waals surface area contributed by atoms with Crippen LogP contribution in [-0.4, -0.2) is 0 Å². The molecule has 0 atom stereocenters. The van der Waals surface area contributed by atoms with E-state index >= 15 is 0 Å². The lowest BCUT2D eigenvalue weighted by Crippen LogP contribution is -1.68.